The molecule has 0 spiro atoms. The highest BCUT2D eigenvalue weighted by atomic mass is 16.2. The molecule has 39 heavy (non-hydrogen) atoms. The van der Waals surface area contributed by atoms with Crippen LogP contribution in [0.4, 0.5) is 0 Å². The Morgan fingerprint density at radius 3 is 2.67 bits per heavy atom. The van der Waals surface area contributed by atoms with Crippen molar-refractivity contribution < 1.29 is 4.79 Å². The number of benzene rings is 1. The molecular weight excluding hydrogens is 484 g/mol. The number of carbonyl (C=O) groups excluding carboxylic acids is 1. The summed E-state index contributed by atoms with van der Waals surface area (Å²) in [6, 6.07) is 14.0. The number of hydrogen-bond donors (Lipinski definition) is 0. The fraction of sp³-hybridized carbons (Fsp3) is 0.438. The van der Waals surface area contributed by atoms with E-state index in [2.05, 4.69) is 45.5 Å². The average Bonchev–Trinajstić information content (AvgIpc) is 3.46. The van der Waals surface area contributed by atoms with E-state index in [1.54, 1.807) is 18.5 Å². The standard InChI is InChI=1S/C32H36N6O/c1-32(2)14-6-18-36(32)17-5-11-29(39)37-21-28-30(25-12-15-34-16-13-25)31(26-10-3-7-23(19-26)20-33)35-38(28)22-27(37)24-8-4-9-24/h3,5,7,10-13,15-16,19,24,27H,4,6,8-9,14,17-18,21-22H2,1-2H3/b11-5+/t27-/m1/s1. The minimum atomic E-state index is 0.0880. The second-order valence-corrected chi connectivity index (χ2v) is 11.8. The first kappa shape index (κ1) is 25.5. The van der Waals surface area contributed by atoms with Gasteiger partial charge in [-0.15, -0.1) is 0 Å². The van der Waals surface area contributed by atoms with Crippen LogP contribution >= 0.6 is 0 Å². The Bertz CT molecular complexity index is 1430. The summed E-state index contributed by atoms with van der Waals surface area (Å²) >= 11 is 0. The topological polar surface area (TPSA) is 78.1 Å². The molecule has 1 aliphatic carbocycles. The number of aromatic nitrogens is 3. The third-order valence-electron chi connectivity index (χ3n) is 9.01. The van der Waals surface area contributed by atoms with E-state index in [0.29, 0.717) is 24.6 Å². The highest BCUT2D eigenvalue weighted by molar-refractivity contribution is 5.89. The van der Waals surface area contributed by atoms with Gasteiger partial charge in [0.2, 0.25) is 5.91 Å². The van der Waals surface area contributed by atoms with Gasteiger partial charge in [0.25, 0.3) is 0 Å². The zero-order chi connectivity index (χ0) is 27.0. The van der Waals surface area contributed by atoms with Gasteiger partial charge in [0, 0.05) is 41.7 Å². The lowest BCUT2D eigenvalue weighted by molar-refractivity contribution is -0.132. The number of nitriles is 1. The molecule has 0 bridgehead atoms. The highest BCUT2D eigenvalue weighted by Gasteiger charge is 2.39. The smallest absolute Gasteiger partial charge is 0.246 e. The Kier molecular flexibility index (Phi) is 6.82. The van der Waals surface area contributed by atoms with Crippen molar-refractivity contribution >= 4 is 5.91 Å². The fourth-order valence-corrected chi connectivity index (χ4v) is 6.47. The van der Waals surface area contributed by atoms with Gasteiger partial charge in [0.1, 0.15) is 5.69 Å². The van der Waals surface area contributed by atoms with Crippen molar-refractivity contribution in [2.45, 2.75) is 70.6 Å². The summed E-state index contributed by atoms with van der Waals surface area (Å²) in [4.78, 5) is 22.5. The van der Waals surface area contributed by atoms with E-state index in [1.807, 2.05) is 36.4 Å². The first-order valence-electron chi connectivity index (χ1n) is 14.2. The van der Waals surface area contributed by atoms with Crippen LogP contribution in [0.1, 0.15) is 57.2 Å². The molecule has 4 heterocycles. The lowest BCUT2D eigenvalue weighted by Gasteiger charge is -2.43. The molecule has 7 heteroatoms. The van der Waals surface area contributed by atoms with Gasteiger partial charge in [-0.05, 0) is 81.8 Å². The van der Waals surface area contributed by atoms with Crippen LogP contribution < -0.4 is 0 Å². The molecule has 1 atom stereocenters. The number of likely N-dealkylation sites (tertiary alicyclic amines) is 1. The molecule has 6 rings (SSSR count). The summed E-state index contributed by atoms with van der Waals surface area (Å²) in [6.07, 6.45) is 13.4. The van der Waals surface area contributed by atoms with E-state index in [1.165, 1.54) is 19.3 Å². The normalized spacial score (nSPS) is 21.1. The molecule has 2 fully saturated rings. The number of fused-ring (bicyclic) bond motifs is 1. The molecule has 1 amide bonds. The third kappa shape index (κ3) is 4.90. The van der Waals surface area contributed by atoms with Crippen molar-refractivity contribution in [3.63, 3.8) is 0 Å². The van der Waals surface area contributed by atoms with Crippen LogP contribution in [0.3, 0.4) is 0 Å². The predicted octanol–water partition coefficient (Wildman–Crippen LogP) is 5.43. The maximum absolute atomic E-state index is 13.8. The summed E-state index contributed by atoms with van der Waals surface area (Å²) in [5.74, 6) is 0.594. The van der Waals surface area contributed by atoms with Crippen LogP contribution in [0.15, 0.2) is 60.9 Å². The zero-order valence-corrected chi connectivity index (χ0v) is 22.9. The van der Waals surface area contributed by atoms with Crippen molar-refractivity contribution in [3.8, 4) is 28.5 Å². The molecule has 0 unspecified atom stereocenters. The van der Waals surface area contributed by atoms with Crippen LogP contribution in [-0.2, 0) is 17.9 Å². The fourth-order valence-electron chi connectivity index (χ4n) is 6.47. The van der Waals surface area contributed by atoms with Gasteiger partial charge in [-0.25, -0.2) is 0 Å². The van der Waals surface area contributed by atoms with Gasteiger partial charge in [-0.3, -0.25) is 19.4 Å². The van der Waals surface area contributed by atoms with Crippen molar-refractivity contribution in [3.05, 3.63) is 72.2 Å². The van der Waals surface area contributed by atoms with Crippen molar-refractivity contribution in [1.82, 2.24) is 24.6 Å². The van der Waals surface area contributed by atoms with Crippen LogP contribution in [0.25, 0.3) is 22.4 Å². The quantitative estimate of drug-likeness (QED) is 0.405. The van der Waals surface area contributed by atoms with Crippen molar-refractivity contribution in [1.29, 1.82) is 5.26 Å². The molecule has 0 radical (unpaired) electrons. The van der Waals surface area contributed by atoms with E-state index in [0.717, 1.165) is 54.0 Å². The van der Waals surface area contributed by atoms with Crippen LogP contribution in [0, 0.1) is 17.2 Å². The molecule has 3 aliphatic rings. The lowest BCUT2D eigenvalue weighted by atomic mass is 9.78. The Labute approximate surface area is 230 Å². The number of rotatable bonds is 6. The SMILES string of the molecule is CC1(C)CCCN1C/C=C/C(=O)N1Cc2c(-c3ccncc3)c(-c3cccc(C#N)c3)nn2C[C@@H]1C1CCC1. The van der Waals surface area contributed by atoms with E-state index in [4.69, 9.17) is 5.10 Å². The first-order valence-corrected chi connectivity index (χ1v) is 14.2. The minimum Gasteiger partial charge on any atom is -0.328 e. The average molecular weight is 521 g/mol. The van der Waals surface area contributed by atoms with Crippen LogP contribution in [0.5, 0.6) is 0 Å². The Balaban J connectivity index is 1.36. The summed E-state index contributed by atoms with van der Waals surface area (Å²) in [7, 11) is 0. The van der Waals surface area contributed by atoms with Crippen molar-refractivity contribution in [2.24, 2.45) is 5.92 Å². The van der Waals surface area contributed by atoms with E-state index >= 15 is 0 Å². The molecule has 200 valence electrons. The molecule has 1 saturated heterocycles. The minimum absolute atomic E-state index is 0.0880. The predicted molar refractivity (Wildman–Crippen MR) is 151 cm³/mol. The molecule has 2 aliphatic heterocycles. The summed E-state index contributed by atoms with van der Waals surface area (Å²) in [5.41, 5.74) is 5.63. The molecule has 1 saturated carbocycles. The Morgan fingerprint density at radius 1 is 1.15 bits per heavy atom. The molecule has 7 nitrogen and oxygen atoms in total. The Morgan fingerprint density at radius 2 is 1.97 bits per heavy atom. The molecule has 3 aromatic rings. The van der Waals surface area contributed by atoms with Crippen LogP contribution in [0.2, 0.25) is 0 Å². The van der Waals surface area contributed by atoms with Gasteiger partial charge < -0.3 is 4.90 Å². The van der Waals surface area contributed by atoms with Crippen LogP contribution in [-0.4, -0.2) is 55.1 Å². The van der Waals surface area contributed by atoms with E-state index in [9.17, 15) is 10.1 Å². The number of nitrogens with zero attached hydrogens (tertiary/aromatic N) is 6. The number of amides is 1. The molecule has 2 aromatic heterocycles. The van der Waals surface area contributed by atoms with E-state index < -0.39 is 0 Å². The monoisotopic (exact) mass is 520 g/mol. The second-order valence-electron chi connectivity index (χ2n) is 11.8. The summed E-state index contributed by atoms with van der Waals surface area (Å²) in [6.45, 7) is 7.68. The van der Waals surface area contributed by atoms with Gasteiger partial charge in [0.05, 0.1) is 36.5 Å². The molecule has 0 N–H and O–H groups in total. The highest BCUT2D eigenvalue weighted by Crippen LogP contribution is 2.41. The number of hydrogen-bond acceptors (Lipinski definition) is 5. The molecule has 1 aromatic carbocycles. The molecular formula is C32H36N6O. The maximum Gasteiger partial charge on any atom is 0.246 e. The Hall–Kier alpha value is -3.76. The largest absolute Gasteiger partial charge is 0.328 e. The summed E-state index contributed by atoms with van der Waals surface area (Å²) in [5, 5.41) is 14.6. The third-order valence-corrected chi connectivity index (χ3v) is 9.01. The van der Waals surface area contributed by atoms with Gasteiger partial charge >= 0.3 is 0 Å². The van der Waals surface area contributed by atoms with Crippen molar-refractivity contribution in [2.75, 3.05) is 13.1 Å². The lowest BCUT2D eigenvalue weighted by Crippen LogP contribution is -2.51. The number of carbonyl (C=O) groups is 1. The first-order chi connectivity index (χ1) is 18.9. The second kappa shape index (κ2) is 10.4. The van der Waals surface area contributed by atoms with Gasteiger partial charge in [-0.2, -0.15) is 10.4 Å². The summed E-state index contributed by atoms with van der Waals surface area (Å²) < 4.78 is 2.12. The maximum atomic E-state index is 13.8. The van der Waals surface area contributed by atoms with Gasteiger partial charge in [-0.1, -0.05) is 24.6 Å². The van der Waals surface area contributed by atoms with Gasteiger partial charge in [0.15, 0.2) is 0 Å². The zero-order valence-electron chi connectivity index (χ0n) is 22.9. The van der Waals surface area contributed by atoms with E-state index in [-0.39, 0.29) is 17.5 Å². The number of pyridine rings is 1.